The van der Waals surface area contributed by atoms with E-state index in [-0.39, 0.29) is 30.4 Å². The van der Waals surface area contributed by atoms with Crippen LogP contribution in [0.5, 0.6) is 0 Å². The molecule has 8 nitrogen and oxygen atoms in total. The lowest BCUT2D eigenvalue weighted by Crippen LogP contribution is -2.40. The first-order valence-electron chi connectivity index (χ1n) is 9.38. The quantitative estimate of drug-likeness (QED) is 0.780. The number of fused-ring (bicyclic) bond motifs is 1. The van der Waals surface area contributed by atoms with E-state index in [2.05, 4.69) is 15.5 Å². The van der Waals surface area contributed by atoms with Gasteiger partial charge >= 0.3 is 0 Å². The number of likely N-dealkylation sites (tertiary alicyclic amines) is 1. The molecule has 0 aromatic carbocycles. The average Bonchev–Trinajstić information content (AvgIpc) is 3.39. The van der Waals surface area contributed by atoms with Crippen LogP contribution in [0.1, 0.15) is 30.1 Å². The number of hydrogen-bond donors (Lipinski definition) is 1. The predicted molar refractivity (Wildman–Crippen MR) is 102 cm³/mol. The molecule has 28 heavy (non-hydrogen) atoms. The molecule has 0 unspecified atom stereocenters. The summed E-state index contributed by atoms with van der Waals surface area (Å²) in [6.07, 6.45) is 1.86. The summed E-state index contributed by atoms with van der Waals surface area (Å²) in [6, 6.07) is 2.00. The first-order chi connectivity index (χ1) is 13.5. The maximum atomic E-state index is 12.4. The minimum atomic E-state index is -0.412. The lowest BCUT2D eigenvalue weighted by molar-refractivity contribution is -0.134. The van der Waals surface area contributed by atoms with Gasteiger partial charge in [0.2, 0.25) is 17.7 Å². The summed E-state index contributed by atoms with van der Waals surface area (Å²) in [5.41, 5.74) is 0.615. The fraction of sp³-hybridized carbons (Fsp3) is 0.579. The minimum Gasteiger partial charge on any atom is -0.375 e. The molecule has 1 N–H and O–H groups in total. The van der Waals surface area contributed by atoms with E-state index in [4.69, 9.17) is 9.26 Å². The molecule has 150 valence electrons. The Kier molecular flexibility index (Phi) is 5.20. The number of aryl methyl sites for hydroxylation is 1. The highest BCUT2D eigenvalue weighted by molar-refractivity contribution is 7.08. The van der Waals surface area contributed by atoms with Crippen molar-refractivity contribution in [3.8, 4) is 0 Å². The van der Waals surface area contributed by atoms with E-state index in [0.29, 0.717) is 37.6 Å². The lowest BCUT2D eigenvalue weighted by atomic mass is 9.80. The van der Waals surface area contributed by atoms with E-state index in [1.807, 2.05) is 21.7 Å². The number of ether oxygens (including phenoxy) is 1. The Labute approximate surface area is 167 Å². The van der Waals surface area contributed by atoms with E-state index in [0.717, 1.165) is 12.0 Å². The Morgan fingerprint density at radius 2 is 2.36 bits per heavy atom. The molecular formula is C19H24N4O4S. The number of carbonyl (C=O) groups excluding carboxylic acids is 2. The Morgan fingerprint density at radius 1 is 1.50 bits per heavy atom. The van der Waals surface area contributed by atoms with E-state index in [1.54, 1.807) is 18.3 Å². The third-order valence-corrected chi connectivity index (χ3v) is 6.49. The molecule has 3 heterocycles. The smallest absolute Gasteiger partial charge is 0.248 e. The third kappa shape index (κ3) is 3.56. The van der Waals surface area contributed by atoms with Crippen LogP contribution < -0.4 is 5.32 Å². The van der Waals surface area contributed by atoms with Gasteiger partial charge in [0.1, 0.15) is 6.61 Å². The van der Waals surface area contributed by atoms with Gasteiger partial charge in [-0.3, -0.25) is 9.59 Å². The zero-order valence-electron chi connectivity index (χ0n) is 16.0. The first-order valence-corrected chi connectivity index (χ1v) is 10.3. The Morgan fingerprint density at radius 3 is 3.04 bits per heavy atom. The molecule has 1 saturated carbocycles. The van der Waals surface area contributed by atoms with Crippen LogP contribution in [0.3, 0.4) is 0 Å². The molecule has 2 aliphatic rings. The number of methoxy groups -OCH3 is 1. The van der Waals surface area contributed by atoms with Gasteiger partial charge in [0, 0.05) is 26.2 Å². The van der Waals surface area contributed by atoms with Gasteiger partial charge in [-0.05, 0) is 48.1 Å². The maximum Gasteiger partial charge on any atom is 0.248 e. The van der Waals surface area contributed by atoms with Crippen LogP contribution in [-0.4, -0.2) is 59.7 Å². The van der Waals surface area contributed by atoms with Crippen molar-refractivity contribution in [1.82, 2.24) is 20.4 Å². The van der Waals surface area contributed by atoms with Gasteiger partial charge in [0.15, 0.2) is 5.82 Å². The van der Waals surface area contributed by atoms with E-state index >= 15 is 0 Å². The van der Waals surface area contributed by atoms with Crippen molar-refractivity contribution < 1.29 is 18.8 Å². The lowest BCUT2D eigenvalue weighted by Gasteiger charge is -2.25. The molecule has 1 saturated heterocycles. The fourth-order valence-electron chi connectivity index (χ4n) is 4.57. The second-order valence-corrected chi connectivity index (χ2v) is 8.50. The number of aromatic nitrogens is 2. The second-order valence-electron chi connectivity index (χ2n) is 7.72. The molecule has 0 spiro atoms. The van der Waals surface area contributed by atoms with Crippen molar-refractivity contribution in [3.63, 3.8) is 0 Å². The highest BCUT2D eigenvalue weighted by atomic mass is 32.1. The summed E-state index contributed by atoms with van der Waals surface area (Å²) in [5, 5.41) is 11.1. The number of amides is 2. The molecule has 1 aliphatic heterocycles. The molecule has 2 fully saturated rings. The van der Waals surface area contributed by atoms with Gasteiger partial charge < -0.3 is 19.5 Å². The number of nitrogens with one attached hydrogen (secondary N) is 1. The van der Waals surface area contributed by atoms with Crippen LogP contribution >= 0.6 is 11.3 Å². The molecule has 2 aromatic heterocycles. The molecule has 1 aliphatic carbocycles. The van der Waals surface area contributed by atoms with E-state index in [9.17, 15) is 9.59 Å². The van der Waals surface area contributed by atoms with Crippen LogP contribution in [-0.2, 0) is 26.2 Å². The van der Waals surface area contributed by atoms with Crippen LogP contribution in [0.25, 0.3) is 0 Å². The molecular weight excluding hydrogens is 380 g/mol. The molecule has 4 rings (SSSR count). The largest absolute Gasteiger partial charge is 0.375 e. The molecule has 2 amide bonds. The fourth-order valence-corrected chi connectivity index (χ4v) is 5.24. The van der Waals surface area contributed by atoms with Gasteiger partial charge in [-0.15, -0.1) is 0 Å². The van der Waals surface area contributed by atoms with Gasteiger partial charge in [0.25, 0.3) is 0 Å². The van der Waals surface area contributed by atoms with Gasteiger partial charge in [-0.1, -0.05) is 5.16 Å². The molecule has 0 bridgehead atoms. The van der Waals surface area contributed by atoms with Crippen molar-refractivity contribution >= 4 is 23.2 Å². The number of rotatable bonds is 6. The number of nitrogens with zero attached hydrogens (tertiary/aromatic N) is 3. The zero-order chi connectivity index (χ0) is 19.7. The molecule has 9 heteroatoms. The summed E-state index contributed by atoms with van der Waals surface area (Å²) < 4.78 is 10.5. The van der Waals surface area contributed by atoms with Gasteiger partial charge in [-0.2, -0.15) is 16.3 Å². The van der Waals surface area contributed by atoms with Crippen LogP contribution in [0.15, 0.2) is 21.3 Å². The normalized spacial score (nSPS) is 26.4. The Hall–Kier alpha value is -2.26. The van der Waals surface area contributed by atoms with Crippen molar-refractivity contribution in [1.29, 1.82) is 0 Å². The molecule has 3 atom stereocenters. The van der Waals surface area contributed by atoms with Crippen molar-refractivity contribution in [2.24, 2.45) is 5.92 Å². The van der Waals surface area contributed by atoms with Crippen molar-refractivity contribution in [2.75, 3.05) is 26.8 Å². The van der Waals surface area contributed by atoms with Crippen LogP contribution in [0, 0.1) is 12.8 Å². The molecule has 0 radical (unpaired) electrons. The Bertz CT molecular complexity index is 852. The number of hydrogen-bond acceptors (Lipinski definition) is 7. The van der Waals surface area contributed by atoms with Crippen LogP contribution in [0.2, 0.25) is 0 Å². The van der Waals surface area contributed by atoms with Gasteiger partial charge in [-0.25, -0.2) is 0 Å². The zero-order valence-corrected chi connectivity index (χ0v) is 16.8. The Balaban J connectivity index is 1.49. The first kappa shape index (κ1) is 19.1. The minimum absolute atomic E-state index is 0.0209. The monoisotopic (exact) mass is 404 g/mol. The standard InChI is InChI=1S/C19H24N4O4S/c1-12-20-18(27-22-12)19-7-15(21-16(24)5-13-3-4-28-10-13)6-14(19)8-23(11-19)17(25)9-26-2/h3-4,10,14-15H,5-9,11H2,1-2H3,(H,21,24)/t14-,15+,19-/m0/s1. The summed E-state index contributed by atoms with van der Waals surface area (Å²) in [6.45, 7) is 2.97. The summed E-state index contributed by atoms with van der Waals surface area (Å²) in [5.74, 6) is 1.30. The highest BCUT2D eigenvalue weighted by Gasteiger charge is 2.58. The van der Waals surface area contributed by atoms with E-state index in [1.165, 1.54) is 7.11 Å². The average molecular weight is 404 g/mol. The third-order valence-electron chi connectivity index (χ3n) is 5.76. The van der Waals surface area contributed by atoms with E-state index < -0.39 is 5.41 Å². The van der Waals surface area contributed by atoms with Crippen molar-refractivity contribution in [3.05, 3.63) is 34.1 Å². The second kappa shape index (κ2) is 7.63. The predicted octanol–water partition coefficient (Wildman–Crippen LogP) is 1.30. The maximum absolute atomic E-state index is 12.4. The summed E-state index contributed by atoms with van der Waals surface area (Å²) in [4.78, 5) is 31.1. The van der Waals surface area contributed by atoms with Gasteiger partial charge in [0.05, 0.1) is 11.8 Å². The summed E-state index contributed by atoms with van der Waals surface area (Å²) >= 11 is 1.59. The highest BCUT2D eigenvalue weighted by Crippen LogP contribution is 2.50. The molecule has 2 aromatic rings. The number of thiophene rings is 1. The summed E-state index contributed by atoms with van der Waals surface area (Å²) in [7, 11) is 1.52. The topological polar surface area (TPSA) is 97.6 Å². The number of carbonyl (C=O) groups is 2. The van der Waals surface area contributed by atoms with Crippen LogP contribution in [0.4, 0.5) is 0 Å². The van der Waals surface area contributed by atoms with Crippen molar-refractivity contribution in [2.45, 2.75) is 37.6 Å². The SMILES string of the molecule is COCC(=O)N1C[C@@H]2C[C@@H](NC(=O)Cc3ccsc3)C[C@]2(c2nc(C)no2)C1.